The highest BCUT2D eigenvalue weighted by atomic mass is 19.1. The molecule has 2 aliphatic rings. The topological polar surface area (TPSA) is 75.0 Å². The third kappa shape index (κ3) is 4.63. The van der Waals surface area contributed by atoms with Crippen molar-refractivity contribution in [3.63, 3.8) is 0 Å². The number of piperazine rings is 1. The van der Waals surface area contributed by atoms with Crippen LogP contribution in [0.25, 0.3) is 22.2 Å². The van der Waals surface area contributed by atoms with Crippen molar-refractivity contribution in [2.45, 2.75) is 45.7 Å². The number of nitrogens with one attached hydrogen (secondary N) is 1. The lowest BCUT2D eigenvalue weighted by molar-refractivity contribution is 0.132. The molecule has 0 amide bonds. The average Bonchev–Trinajstić information content (AvgIpc) is 3.44. The summed E-state index contributed by atoms with van der Waals surface area (Å²) in [5.41, 5.74) is 2.54. The average molecular weight is 519 g/mol. The van der Waals surface area contributed by atoms with Crippen molar-refractivity contribution in [1.29, 1.82) is 0 Å². The van der Waals surface area contributed by atoms with Crippen LogP contribution in [0.1, 0.15) is 38.6 Å². The van der Waals surface area contributed by atoms with Crippen LogP contribution in [0, 0.1) is 11.6 Å². The molecular weight excluding hydrogens is 486 g/mol. The molecule has 6 rings (SSSR count). The Kier molecular flexibility index (Phi) is 6.31. The largest absolute Gasteiger partial charge is 0.322 e. The van der Waals surface area contributed by atoms with E-state index in [0.717, 1.165) is 69.7 Å². The minimum Gasteiger partial charge on any atom is -0.322 e. The summed E-state index contributed by atoms with van der Waals surface area (Å²) >= 11 is 0. The zero-order chi connectivity index (χ0) is 26.4. The summed E-state index contributed by atoms with van der Waals surface area (Å²) in [4.78, 5) is 22.4. The Morgan fingerprint density at radius 2 is 1.66 bits per heavy atom. The number of imidazole rings is 1. The smallest absolute Gasteiger partial charge is 0.228 e. The molecule has 3 aromatic heterocycles. The van der Waals surface area contributed by atoms with E-state index < -0.39 is 11.6 Å². The van der Waals surface area contributed by atoms with Crippen molar-refractivity contribution in [3.8, 4) is 11.1 Å². The molecule has 8 nitrogen and oxygen atoms in total. The number of hydrogen-bond donors (Lipinski definition) is 1. The van der Waals surface area contributed by atoms with E-state index in [1.54, 1.807) is 18.5 Å². The number of fused-ring (bicyclic) bond motifs is 3. The van der Waals surface area contributed by atoms with Crippen LogP contribution in [-0.4, -0.2) is 67.0 Å². The summed E-state index contributed by atoms with van der Waals surface area (Å²) in [7, 11) is 0. The molecule has 0 unspecified atom stereocenters. The molecule has 2 aliphatic heterocycles. The Morgan fingerprint density at radius 1 is 0.921 bits per heavy atom. The summed E-state index contributed by atoms with van der Waals surface area (Å²) in [5, 5.41) is 3.06. The molecule has 0 saturated carbocycles. The van der Waals surface area contributed by atoms with Gasteiger partial charge in [0.2, 0.25) is 5.95 Å². The quantitative estimate of drug-likeness (QED) is 0.396. The first kappa shape index (κ1) is 24.8. The van der Waals surface area contributed by atoms with Crippen LogP contribution < -0.4 is 5.32 Å². The molecule has 4 aromatic rings. The van der Waals surface area contributed by atoms with Gasteiger partial charge < -0.3 is 14.8 Å². The number of benzene rings is 1. The second kappa shape index (κ2) is 9.67. The minimum atomic E-state index is -0.533. The first-order valence-corrected chi connectivity index (χ1v) is 13.2. The predicted molar refractivity (Wildman–Crippen MR) is 143 cm³/mol. The van der Waals surface area contributed by atoms with E-state index >= 15 is 4.39 Å². The molecule has 0 atom stereocenters. The van der Waals surface area contributed by atoms with Crippen molar-refractivity contribution in [3.05, 3.63) is 59.8 Å². The van der Waals surface area contributed by atoms with E-state index in [9.17, 15) is 4.39 Å². The van der Waals surface area contributed by atoms with E-state index in [1.807, 2.05) is 6.07 Å². The first-order chi connectivity index (χ1) is 18.3. The van der Waals surface area contributed by atoms with Gasteiger partial charge >= 0.3 is 0 Å². The zero-order valence-corrected chi connectivity index (χ0v) is 22.0. The summed E-state index contributed by atoms with van der Waals surface area (Å²) in [6.45, 7) is 12.5. The maximum Gasteiger partial charge on any atom is 0.228 e. The molecule has 0 radical (unpaired) electrons. The van der Waals surface area contributed by atoms with Gasteiger partial charge in [-0.05, 0) is 50.6 Å². The summed E-state index contributed by atoms with van der Waals surface area (Å²) in [6.07, 6.45) is 6.47. The van der Waals surface area contributed by atoms with Gasteiger partial charge in [-0.2, -0.15) is 0 Å². The summed E-state index contributed by atoms with van der Waals surface area (Å²) in [5.74, 6) is 0.614. The molecule has 10 heteroatoms. The van der Waals surface area contributed by atoms with Gasteiger partial charge in [-0.25, -0.2) is 28.7 Å². The van der Waals surface area contributed by atoms with Crippen molar-refractivity contribution in [2.24, 2.45) is 0 Å². The van der Waals surface area contributed by atoms with Crippen LogP contribution in [0.5, 0.6) is 0 Å². The van der Waals surface area contributed by atoms with Crippen LogP contribution >= 0.6 is 0 Å². The minimum absolute atomic E-state index is 0.175. The van der Waals surface area contributed by atoms with Gasteiger partial charge in [0.25, 0.3) is 0 Å². The summed E-state index contributed by atoms with van der Waals surface area (Å²) < 4.78 is 32.1. The Hall–Kier alpha value is -3.50. The third-order valence-electron chi connectivity index (χ3n) is 7.78. The van der Waals surface area contributed by atoms with Gasteiger partial charge in [0.05, 0.1) is 11.7 Å². The second-order valence-corrected chi connectivity index (χ2v) is 10.8. The van der Waals surface area contributed by atoms with E-state index in [1.165, 1.54) is 6.07 Å². The molecule has 0 aliphatic carbocycles. The number of likely N-dealkylation sites (N-methyl/N-ethyl adjacent to an activating group) is 1. The van der Waals surface area contributed by atoms with Crippen molar-refractivity contribution in [2.75, 3.05) is 38.0 Å². The van der Waals surface area contributed by atoms with Crippen LogP contribution in [0.4, 0.5) is 20.5 Å². The molecule has 1 saturated heterocycles. The number of aromatic nitrogens is 5. The molecule has 198 valence electrons. The van der Waals surface area contributed by atoms with Gasteiger partial charge in [-0.1, -0.05) is 6.92 Å². The Bertz CT molecular complexity index is 1470. The van der Waals surface area contributed by atoms with Gasteiger partial charge in [0.15, 0.2) is 5.82 Å². The lowest BCUT2D eigenvalue weighted by atomic mass is 10.0. The fourth-order valence-electron chi connectivity index (χ4n) is 5.58. The maximum absolute atomic E-state index is 15.1. The van der Waals surface area contributed by atoms with Crippen LogP contribution in [0.15, 0.2) is 36.8 Å². The summed E-state index contributed by atoms with van der Waals surface area (Å²) in [6, 6.07) is 4.72. The van der Waals surface area contributed by atoms with E-state index in [0.29, 0.717) is 28.4 Å². The fourth-order valence-corrected chi connectivity index (χ4v) is 5.58. The lowest BCUT2D eigenvalue weighted by Gasteiger charge is -2.33. The Labute approximate surface area is 220 Å². The molecule has 0 spiro atoms. The Balaban J connectivity index is 1.22. The molecular formula is C28H32F2N8. The van der Waals surface area contributed by atoms with Crippen LogP contribution in [-0.2, 0) is 18.5 Å². The second-order valence-electron chi connectivity index (χ2n) is 10.8. The highest BCUT2D eigenvalue weighted by molar-refractivity contribution is 5.84. The maximum atomic E-state index is 15.1. The van der Waals surface area contributed by atoms with E-state index in [-0.39, 0.29) is 11.1 Å². The molecule has 5 heterocycles. The number of anilines is 2. The van der Waals surface area contributed by atoms with Crippen molar-refractivity contribution < 1.29 is 8.78 Å². The van der Waals surface area contributed by atoms with E-state index in [4.69, 9.17) is 0 Å². The molecule has 0 bridgehead atoms. The first-order valence-electron chi connectivity index (χ1n) is 13.2. The van der Waals surface area contributed by atoms with Crippen molar-refractivity contribution >= 4 is 22.8 Å². The lowest BCUT2D eigenvalue weighted by Crippen LogP contribution is -2.45. The number of halogens is 2. The SMILES string of the molecule is CCN1CCN(Cc2cnc(Nc3cc(-c4cc(F)c5nc6n(c5c4)C(C)(C)CC6)c(F)cn3)nc2)CC1. The molecule has 38 heavy (non-hydrogen) atoms. The predicted octanol–water partition coefficient (Wildman–Crippen LogP) is 4.73. The molecule has 1 fully saturated rings. The van der Waals surface area contributed by atoms with Crippen LogP contribution in [0.2, 0.25) is 0 Å². The van der Waals surface area contributed by atoms with Gasteiger partial charge in [0, 0.05) is 68.2 Å². The third-order valence-corrected chi connectivity index (χ3v) is 7.78. The van der Waals surface area contributed by atoms with Crippen LogP contribution in [0.3, 0.4) is 0 Å². The fraction of sp³-hybridized carbons (Fsp3) is 0.429. The number of pyridine rings is 1. The molecule has 1 aromatic carbocycles. The standard InChI is InChI=1S/C28H32F2N8/c1-4-36-7-9-37(10-8-36)17-18-14-32-27(33-15-18)34-24-13-20(22(30)16-31-24)19-11-21(29)26-23(12-19)38-25(35-26)5-6-28(38,2)3/h11-16H,4-10,17H2,1-3H3,(H,31,32,33,34). The highest BCUT2D eigenvalue weighted by Crippen LogP contribution is 2.38. The van der Waals surface area contributed by atoms with E-state index in [2.05, 4.69) is 60.4 Å². The number of hydrogen-bond acceptors (Lipinski definition) is 7. The highest BCUT2D eigenvalue weighted by Gasteiger charge is 2.33. The van der Waals surface area contributed by atoms with Gasteiger partial charge in [-0.3, -0.25) is 4.90 Å². The Morgan fingerprint density at radius 3 is 2.39 bits per heavy atom. The normalized spacial score (nSPS) is 17.7. The molecule has 1 N–H and O–H groups in total. The number of nitrogens with zero attached hydrogens (tertiary/aromatic N) is 7. The number of aryl methyl sites for hydroxylation is 1. The van der Waals surface area contributed by atoms with Crippen molar-refractivity contribution in [1.82, 2.24) is 34.3 Å². The van der Waals surface area contributed by atoms with Gasteiger partial charge in [-0.15, -0.1) is 0 Å². The van der Waals surface area contributed by atoms with Gasteiger partial charge in [0.1, 0.15) is 23.0 Å². The monoisotopic (exact) mass is 518 g/mol. The number of rotatable bonds is 6. The zero-order valence-electron chi connectivity index (χ0n) is 22.0.